The topological polar surface area (TPSA) is 12.9 Å². The Bertz CT molecular complexity index is 553. The minimum absolute atomic E-state index is 1.04. The zero-order chi connectivity index (χ0) is 12.3. The minimum atomic E-state index is 1.04. The van der Waals surface area contributed by atoms with E-state index in [0.29, 0.717) is 0 Å². The highest BCUT2D eigenvalue weighted by molar-refractivity contribution is 5.67. The summed E-state index contributed by atoms with van der Waals surface area (Å²) in [6, 6.07) is 14.5. The van der Waals surface area contributed by atoms with Crippen LogP contribution in [-0.2, 0) is 0 Å². The summed E-state index contributed by atoms with van der Waals surface area (Å²) < 4.78 is 0. The maximum atomic E-state index is 4.71. The summed E-state index contributed by atoms with van der Waals surface area (Å²) in [6.45, 7) is 6.24. The number of nitrogens with zero attached hydrogens (tertiary/aromatic N) is 1. The second kappa shape index (κ2) is 4.96. The van der Waals surface area contributed by atoms with E-state index in [0.717, 1.165) is 11.4 Å². The monoisotopic (exact) mass is 223 g/mol. The van der Waals surface area contributed by atoms with Crippen LogP contribution in [0.4, 0.5) is 0 Å². The van der Waals surface area contributed by atoms with Crippen molar-refractivity contribution in [2.45, 2.75) is 20.8 Å². The van der Waals surface area contributed by atoms with Gasteiger partial charge in [0.25, 0.3) is 0 Å². The zero-order valence-electron chi connectivity index (χ0n) is 10.6. The Labute approximate surface area is 103 Å². The van der Waals surface area contributed by atoms with Gasteiger partial charge in [-0.25, -0.2) is 4.98 Å². The van der Waals surface area contributed by atoms with Crippen LogP contribution in [0.25, 0.3) is 16.8 Å². The number of aromatic nitrogens is 1. The Balaban J connectivity index is 2.51. The van der Waals surface area contributed by atoms with E-state index in [1.165, 1.54) is 16.7 Å². The van der Waals surface area contributed by atoms with E-state index in [1.54, 1.807) is 0 Å². The standard InChI is InChI=1S/C16H17N/c1-4-12(2)15-10-7-11-16(17-15)14-9-6-5-8-13(14)3/h4-11H,1-3H3/b12-4+. The molecule has 1 heteroatoms. The molecular weight excluding hydrogens is 206 g/mol. The van der Waals surface area contributed by atoms with Gasteiger partial charge < -0.3 is 0 Å². The number of pyridine rings is 1. The van der Waals surface area contributed by atoms with Crippen LogP contribution < -0.4 is 0 Å². The number of rotatable bonds is 2. The van der Waals surface area contributed by atoms with E-state index in [-0.39, 0.29) is 0 Å². The molecule has 0 bridgehead atoms. The van der Waals surface area contributed by atoms with E-state index >= 15 is 0 Å². The maximum absolute atomic E-state index is 4.71. The quantitative estimate of drug-likeness (QED) is 0.731. The van der Waals surface area contributed by atoms with Crippen molar-refractivity contribution in [3.05, 3.63) is 59.8 Å². The summed E-state index contributed by atoms with van der Waals surface area (Å²) in [5, 5.41) is 0. The van der Waals surface area contributed by atoms with Gasteiger partial charge in [-0.05, 0) is 44.0 Å². The lowest BCUT2D eigenvalue weighted by Gasteiger charge is -2.07. The molecule has 0 aliphatic carbocycles. The first-order chi connectivity index (χ1) is 8.22. The summed E-state index contributed by atoms with van der Waals surface area (Å²) in [5.74, 6) is 0. The first-order valence-corrected chi connectivity index (χ1v) is 5.88. The zero-order valence-corrected chi connectivity index (χ0v) is 10.6. The molecule has 1 aromatic heterocycles. The number of aryl methyl sites for hydroxylation is 1. The van der Waals surface area contributed by atoms with Gasteiger partial charge in [-0.3, -0.25) is 0 Å². The second-order valence-electron chi connectivity index (χ2n) is 4.19. The van der Waals surface area contributed by atoms with Crippen LogP contribution in [0.1, 0.15) is 25.1 Å². The van der Waals surface area contributed by atoms with Crippen molar-refractivity contribution in [1.29, 1.82) is 0 Å². The summed E-state index contributed by atoms with van der Waals surface area (Å²) in [5.41, 5.74) is 5.77. The average molecular weight is 223 g/mol. The van der Waals surface area contributed by atoms with Crippen LogP contribution in [0.15, 0.2) is 48.5 Å². The number of allylic oxidation sites excluding steroid dienone is 2. The maximum Gasteiger partial charge on any atom is 0.0712 e. The van der Waals surface area contributed by atoms with Gasteiger partial charge >= 0.3 is 0 Å². The van der Waals surface area contributed by atoms with Gasteiger partial charge in [-0.15, -0.1) is 0 Å². The van der Waals surface area contributed by atoms with Gasteiger partial charge in [-0.1, -0.05) is 36.4 Å². The molecule has 1 aromatic carbocycles. The SMILES string of the molecule is C/C=C(\C)c1cccc(-c2ccccc2C)n1. The summed E-state index contributed by atoms with van der Waals surface area (Å²) in [4.78, 5) is 4.71. The van der Waals surface area contributed by atoms with E-state index in [4.69, 9.17) is 4.98 Å². The van der Waals surface area contributed by atoms with Gasteiger partial charge in [0.1, 0.15) is 0 Å². The molecule has 0 unspecified atom stereocenters. The molecule has 1 heterocycles. The lowest BCUT2D eigenvalue weighted by Crippen LogP contribution is -1.91. The van der Waals surface area contributed by atoms with Crippen molar-refractivity contribution in [3.8, 4) is 11.3 Å². The Hall–Kier alpha value is -1.89. The third kappa shape index (κ3) is 2.44. The molecule has 0 saturated carbocycles. The summed E-state index contributed by atoms with van der Waals surface area (Å²) in [6.07, 6.45) is 2.09. The van der Waals surface area contributed by atoms with Crippen molar-refractivity contribution in [1.82, 2.24) is 4.98 Å². The average Bonchev–Trinajstić information content (AvgIpc) is 2.38. The van der Waals surface area contributed by atoms with Gasteiger partial charge in [0.15, 0.2) is 0 Å². The predicted octanol–water partition coefficient (Wildman–Crippen LogP) is 4.48. The third-order valence-electron chi connectivity index (χ3n) is 3.01. The van der Waals surface area contributed by atoms with E-state index in [9.17, 15) is 0 Å². The highest BCUT2D eigenvalue weighted by Crippen LogP contribution is 2.22. The van der Waals surface area contributed by atoms with Gasteiger partial charge in [0.2, 0.25) is 0 Å². The van der Waals surface area contributed by atoms with Crippen LogP contribution in [0.2, 0.25) is 0 Å². The predicted molar refractivity (Wildman–Crippen MR) is 73.7 cm³/mol. The van der Waals surface area contributed by atoms with Gasteiger partial charge in [0, 0.05) is 5.56 Å². The lowest BCUT2D eigenvalue weighted by molar-refractivity contribution is 1.25. The summed E-state index contributed by atoms with van der Waals surface area (Å²) >= 11 is 0. The molecular formula is C16H17N. The Kier molecular flexibility index (Phi) is 3.38. The van der Waals surface area contributed by atoms with E-state index in [1.807, 2.05) is 6.92 Å². The Morgan fingerprint density at radius 1 is 1.06 bits per heavy atom. The number of hydrogen-bond acceptors (Lipinski definition) is 1. The van der Waals surface area contributed by atoms with Crippen LogP contribution in [0.3, 0.4) is 0 Å². The van der Waals surface area contributed by atoms with Crippen LogP contribution in [0, 0.1) is 6.92 Å². The fourth-order valence-corrected chi connectivity index (χ4v) is 1.81. The molecule has 2 aromatic rings. The molecule has 0 spiro atoms. The third-order valence-corrected chi connectivity index (χ3v) is 3.01. The molecule has 0 saturated heterocycles. The van der Waals surface area contributed by atoms with E-state index < -0.39 is 0 Å². The molecule has 0 radical (unpaired) electrons. The van der Waals surface area contributed by atoms with Crippen molar-refractivity contribution in [3.63, 3.8) is 0 Å². The van der Waals surface area contributed by atoms with Crippen molar-refractivity contribution >= 4 is 5.57 Å². The fourth-order valence-electron chi connectivity index (χ4n) is 1.81. The van der Waals surface area contributed by atoms with Crippen LogP contribution in [0.5, 0.6) is 0 Å². The second-order valence-corrected chi connectivity index (χ2v) is 4.19. The van der Waals surface area contributed by atoms with E-state index in [2.05, 4.69) is 62.4 Å². The molecule has 17 heavy (non-hydrogen) atoms. The minimum Gasteiger partial charge on any atom is -0.248 e. The molecule has 0 aliphatic heterocycles. The molecule has 0 fully saturated rings. The normalized spacial score (nSPS) is 11.6. The van der Waals surface area contributed by atoms with Crippen LogP contribution in [-0.4, -0.2) is 4.98 Å². The molecule has 0 atom stereocenters. The molecule has 0 aliphatic rings. The number of benzene rings is 1. The highest BCUT2D eigenvalue weighted by Gasteiger charge is 2.04. The summed E-state index contributed by atoms with van der Waals surface area (Å²) in [7, 11) is 0. The van der Waals surface area contributed by atoms with Gasteiger partial charge in [-0.2, -0.15) is 0 Å². The first-order valence-electron chi connectivity index (χ1n) is 5.88. The smallest absolute Gasteiger partial charge is 0.0712 e. The molecule has 0 amide bonds. The molecule has 86 valence electrons. The van der Waals surface area contributed by atoms with Crippen molar-refractivity contribution in [2.75, 3.05) is 0 Å². The fraction of sp³-hybridized carbons (Fsp3) is 0.188. The molecule has 1 nitrogen and oxygen atoms in total. The van der Waals surface area contributed by atoms with Crippen LogP contribution >= 0.6 is 0 Å². The number of hydrogen-bond donors (Lipinski definition) is 0. The van der Waals surface area contributed by atoms with Crippen molar-refractivity contribution < 1.29 is 0 Å². The highest BCUT2D eigenvalue weighted by atomic mass is 14.7. The molecule has 0 N–H and O–H groups in total. The van der Waals surface area contributed by atoms with Gasteiger partial charge in [0.05, 0.1) is 11.4 Å². The lowest BCUT2D eigenvalue weighted by atomic mass is 10.0. The first kappa shape index (κ1) is 11.6. The Morgan fingerprint density at radius 3 is 2.53 bits per heavy atom. The van der Waals surface area contributed by atoms with Crippen molar-refractivity contribution in [2.24, 2.45) is 0 Å². The largest absolute Gasteiger partial charge is 0.248 e. The Morgan fingerprint density at radius 2 is 1.82 bits per heavy atom. The molecule has 2 rings (SSSR count).